The number of anilines is 1. The first-order valence-electron chi connectivity index (χ1n) is 6.82. The standard InChI is InChI=1S/C14H18ClN3O3S/c1-21-12-3-2-9(15)6-10(12)18-13(19)4-5-16-14(20)11-7-22-8-17-11/h2-3,6,11,17H,4-5,7-8H2,1H3,(H,16,20)(H,18,19). The van der Waals surface area contributed by atoms with Crippen molar-refractivity contribution in [2.45, 2.75) is 12.5 Å². The first-order chi connectivity index (χ1) is 10.6. The molecule has 22 heavy (non-hydrogen) atoms. The van der Waals surface area contributed by atoms with Crippen molar-refractivity contribution >= 4 is 40.9 Å². The molecule has 1 unspecified atom stereocenters. The van der Waals surface area contributed by atoms with Crippen molar-refractivity contribution in [3.05, 3.63) is 23.2 Å². The number of ether oxygens (including phenoxy) is 1. The van der Waals surface area contributed by atoms with Gasteiger partial charge in [0.05, 0.1) is 18.8 Å². The van der Waals surface area contributed by atoms with Crippen molar-refractivity contribution in [1.82, 2.24) is 10.6 Å². The molecule has 1 aliphatic heterocycles. The van der Waals surface area contributed by atoms with Gasteiger partial charge in [0.2, 0.25) is 11.8 Å². The van der Waals surface area contributed by atoms with Gasteiger partial charge in [-0.15, -0.1) is 11.8 Å². The van der Waals surface area contributed by atoms with E-state index in [0.29, 0.717) is 16.5 Å². The number of amides is 2. The van der Waals surface area contributed by atoms with Crippen LogP contribution < -0.4 is 20.7 Å². The highest BCUT2D eigenvalue weighted by molar-refractivity contribution is 7.99. The fourth-order valence-corrected chi connectivity index (χ4v) is 3.09. The van der Waals surface area contributed by atoms with Gasteiger partial charge in [-0.3, -0.25) is 14.9 Å². The lowest BCUT2D eigenvalue weighted by molar-refractivity contribution is -0.122. The number of thioether (sulfide) groups is 1. The SMILES string of the molecule is COc1ccc(Cl)cc1NC(=O)CCNC(=O)C1CSCN1. The molecule has 3 N–H and O–H groups in total. The summed E-state index contributed by atoms with van der Waals surface area (Å²) in [5.74, 6) is 1.80. The Balaban J connectivity index is 1.78. The van der Waals surface area contributed by atoms with Crippen LogP contribution in [0.2, 0.25) is 5.02 Å². The van der Waals surface area contributed by atoms with E-state index in [9.17, 15) is 9.59 Å². The summed E-state index contributed by atoms with van der Waals surface area (Å²) < 4.78 is 5.16. The molecule has 2 rings (SSSR count). The van der Waals surface area contributed by atoms with E-state index in [1.165, 1.54) is 7.11 Å². The number of nitrogens with one attached hydrogen (secondary N) is 3. The Labute approximate surface area is 138 Å². The molecule has 0 saturated carbocycles. The molecule has 1 aromatic carbocycles. The van der Waals surface area contributed by atoms with Crippen LogP contribution in [0, 0.1) is 0 Å². The van der Waals surface area contributed by atoms with E-state index >= 15 is 0 Å². The summed E-state index contributed by atoms with van der Waals surface area (Å²) >= 11 is 7.58. The van der Waals surface area contributed by atoms with Crippen LogP contribution in [0.4, 0.5) is 5.69 Å². The van der Waals surface area contributed by atoms with Gasteiger partial charge in [0.25, 0.3) is 0 Å². The maximum atomic E-state index is 11.9. The Morgan fingerprint density at radius 1 is 1.50 bits per heavy atom. The number of methoxy groups -OCH3 is 1. The number of hydrogen-bond acceptors (Lipinski definition) is 5. The largest absolute Gasteiger partial charge is 0.495 e. The van der Waals surface area contributed by atoms with Crippen molar-refractivity contribution < 1.29 is 14.3 Å². The van der Waals surface area contributed by atoms with Crippen LogP contribution in [0.25, 0.3) is 0 Å². The number of hydrogen-bond donors (Lipinski definition) is 3. The molecule has 6 nitrogen and oxygen atoms in total. The Hall–Kier alpha value is -1.44. The lowest BCUT2D eigenvalue weighted by atomic mass is 10.2. The average molecular weight is 344 g/mol. The summed E-state index contributed by atoms with van der Waals surface area (Å²) in [4.78, 5) is 23.7. The molecule has 1 aliphatic rings. The average Bonchev–Trinajstić information content (AvgIpc) is 3.01. The van der Waals surface area contributed by atoms with Gasteiger partial charge in [0, 0.05) is 29.6 Å². The molecule has 0 bridgehead atoms. The fourth-order valence-electron chi connectivity index (χ4n) is 1.98. The van der Waals surface area contributed by atoms with Gasteiger partial charge < -0.3 is 15.4 Å². The molecule has 2 amide bonds. The summed E-state index contributed by atoms with van der Waals surface area (Å²) in [6.07, 6.45) is 0.182. The van der Waals surface area contributed by atoms with Gasteiger partial charge in [-0.25, -0.2) is 0 Å². The van der Waals surface area contributed by atoms with Gasteiger partial charge in [-0.1, -0.05) is 11.6 Å². The lowest BCUT2D eigenvalue weighted by Gasteiger charge is -2.12. The molecule has 8 heteroatoms. The van der Waals surface area contributed by atoms with Gasteiger partial charge in [-0.05, 0) is 18.2 Å². The summed E-state index contributed by atoms with van der Waals surface area (Å²) in [7, 11) is 1.52. The van der Waals surface area contributed by atoms with Crippen molar-refractivity contribution in [2.24, 2.45) is 0 Å². The maximum absolute atomic E-state index is 11.9. The van der Waals surface area contributed by atoms with Crippen LogP contribution in [-0.4, -0.2) is 43.1 Å². The van der Waals surface area contributed by atoms with E-state index in [1.54, 1.807) is 30.0 Å². The monoisotopic (exact) mass is 343 g/mol. The van der Waals surface area contributed by atoms with E-state index in [0.717, 1.165) is 11.6 Å². The third-order valence-corrected chi connectivity index (χ3v) is 4.29. The molecule has 0 radical (unpaired) electrons. The van der Waals surface area contributed by atoms with E-state index in [1.807, 2.05) is 0 Å². The minimum atomic E-state index is -0.213. The second-order valence-corrected chi connectivity index (χ2v) is 6.17. The number of rotatable bonds is 6. The van der Waals surface area contributed by atoms with Crippen LogP contribution in [0.15, 0.2) is 18.2 Å². The first kappa shape index (κ1) is 16.9. The second-order valence-electron chi connectivity index (χ2n) is 4.71. The minimum Gasteiger partial charge on any atom is -0.495 e. The quantitative estimate of drug-likeness (QED) is 0.728. The number of benzene rings is 1. The molecule has 1 atom stereocenters. The fraction of sp³-hybridized carbons (Fsp3) is 0.429. The van der Waals surface area contributed by atoms with Crippen LogP contribution >= 0.6 is 23.4 Å². The lowest BCUT2D eigenvalue weighted by Crippen LogP contribution is -2.42. The number of carbonyl (C=O) groups excluding carboxylic acids is 2. The van der Waals surface area contributed by atoms with Crippen molar-refractivity contribution in [1.29, 1.82) is 0 Å². The zero-order chi connectivity index (χ0) is 15.9. The second kappa shape index (κ2) is 8.26. The summed E-state index contributed by atoms with van der Waals surface area (Å²) in [5.41, 5.74) is 0.514. The van der Waals surface area contributed by atoms with Crippen LogP contribution in [-0.2, 0) is 9.59 Å². The highest BCUT2D eigenvalue weighted by Crippen LogP contribution is 2.27. The molecule has 0 aromatic heterocycles. The summed E-state index contributed by atoms with van der Waals surface area (Å²) in [5, 5.41) is 9.06. The van der Waals surface area contributed by atoms with E-state index in [4.69, 9.17) is 16.3 Å². The third-order valence-electron chi connectivity index (χ3n) is 3.12. The summed E-state index contributed by atoms with van der Waals surface area (Å²) in [6, 6.07) is 4.82. The van der Waals surface area contributed by atoms with Crippen LogP contribution in [0.1, 0.15) is 6.42 Å². The van der Waals surface area contributed by atoms with Gasteiger partial charge in [0.15, 0.2) is 0 Å². The van der Waals surface area contributed by atoms with E-state index < -0.39 is 0 Å². The zero-order valence-electron chi connectivity index (χ0n) is 12.1. The zero-order valence-corrected chi connectivity index (χ0v) is 13.7. The molecule has 1 heterocycles. The Morgan fingerprint density at radius 3 is 3.00 bits per heavy atom. The Morgan fingerprint density at radius 2 is 2.32 bits per heavy atom. The minimum absolute atomic E-state index is 0.0712. The molecular formula is C14H18ClN3O3S. The highest BCUT2D eigenvalue weighted by atomic mass is 35.5. The van der Waals surface area contributed by atoms with Crippen molar-refractivity contribution in [2.75, 3.05) is 30.6 Å². The van der Waals surface area contributed by atoms with Gasteiger partial charge in [-0.2, -0.15) is 0 Å². The normalized spacial score (nSPS) is 17.1. The Kier molecular flexibility index (Phi) is 6.35. The van der Waals surface area contributed by atoms with Crippen LogP contribution in [0.3, 0.4) is 0 Å². The van der Waals surface area contributed by atoms with Crippen molar-refractivity contribution in [3.63, 3.8) is 0 Å². The number of carbonyl (C=O) groups is 2. The van der Waals surface area contributed by atoms with Crippen LogP contribution in [0.5, 0.6) is 5.75 Å². The smallest absolute Gasteiger partial charge is 0.238 e. The predicted molar refractivity (Wildman–Crippen MR) is 88.5 cm³/mol. The predicted octanol–water partition coefficient (Wildman–Crippen LogP) is 1.46. The molecule has 1 fully saturated rings. The number of halogens is 1. The summed E-state index contributed by atoms with van der Waals surface area (Å²) in [6.45, 7) is 0.288. The first-order valence-corrected chi connectivity index (χ1v) is 8.35. The Bertz CT molecular complexity index is 550. The molecule has 0 aliphatic carbocycles. The molecule has 120 valence electrons. The van der Waals surface area contributed by atoms with Gasteiger partial charge >= 0.3 is 0 Å². The topological polar surface area (TPSA) is 79.5 Å². The third kappa shape index (κ3) is 4.79. The van der Waals surface area contributed by atoms with Gasteiger partial charge in [0.1, 0.15) is 5.75 Å². The molecule has 1 saturated heterocycles. The van der Waals surface area contributed by atoms with E-state index in [2.05, 4.69) is 16.0 Å². The van der Waals surface area contributed by atoms with Crippen molar-refractivity contribution in [3.8, 4) is 5.75 Å². The molecule has 0 spiro atoms. The molecular weight excluding hydrogens is 326 g/mol. The highest BCUT2D eigenvalue weighted by Gasteiger charge is 2.22. The molecule has 1 aromatic rings. The maximum Gasteiger partial charge on any atom is 0.238 e. The van der Waals surface area contributed by atoms with E-state index in [-0.39, 0.29) is 30.8 Å².